The number of aromatic amines is 1. The van der Waals surface area contributed by atoms with Crippen molar-refractivity contribution >= 4 is 16.8 Å². The van der Waals surface area contributed by atoms with Gasteiger partial charge in [-0.2, -0.15) is 0 Å². The monoisotopic (exact) mass is 270 g/mol. The predicted octanol–water partition coefficient (Wildman–Crippen LogP) is 3.87. The van der Waals surface area contributed by atoms with Gasteiger partial charge >= 0.3 is 0 Å². The van der Waals surface area contributed by atoms with E-state index in [1.165, 1.54) is 12.8 Å². The summed E-state index contributed by atoms with van der Waals surface area (Å²) >= 11 is 0. The van der Waals surface area contributed by atoms with Gasteiger partial charge in [-0.15, -0.1) is 0 Å². The number of carbonyl (C=O) groups is 1. The molecule has 106 valence electrons. The van der Waals surface area contributed by atoms with Gasteiger partial charge in [-0.25, -0.2) is 0 Å². The Morgan fingerprint density at radius 3 is 2.75 bits per heavy atom. The molecule has 20 heavy (non-hydrogen) atoms. The predicted molar refractivity (Wildman–Crippen MR) is 81.8 cm³/mol. The van der Waals surface area contributed by atoms with Crippen LogP contribution in [0.5, 0.6) is 0 Å². The van der Waals surface area contributed by atoms with Crippen molar-refractivity contribution in [1.29, 1.82) is 0 Å². The summed E-state index contributed by atoms with van der Waals surface area (Å²) in [5, 5.41) is 4.20. The van der Waals surface area contributed by atoms with Crippen molar-refractivity contribution < 1.29 is 4.79 Å². The molecule has 2 N–H and O–H groups in total. The number of rotatable bonds is 2. The molecule has 1 aliphatic rings. The van der Waals surface area contributed by atoms with Crippen molar-refractivity contribution in [3.63, 3.8) is 0 Å². The summed E-state index contributed by atoms with van der Waals surface area (Å²) in [6.07, 6.45) is 6.42. The molecule has 0 aliphatic heterocycles. The second-order valence-electron chi connectivity index (χ2n) is 6.66. The van der Waals surface area contributed by atoms with Crippen LogP contribution in [-0.2, 0) is 0 Å². The summed E-state index contributed by atoms with van der Waals surface area (Å²) in [7, 11) is 0. The highest BCUT2D eigenvalue weighted by molar-refractivity contribution is 6.06. The molecule has 1 amide bonds. The number of hydrogen-bond acceptors (Lipinski definition) is 1. The summed E-state index contributed by atoms with van der Waals surface area (Å²) in [6, 6.07) is 8.11. The van der Waals surface area contributed by atoms with Gasteiger partial charge in [0, 0.05) is 28.7 Å². The van der Waals surface area contributed by atoms with Crippen LogP contribution in [0, 0.1) is 5.41 Å². The highest BCUT2D eigenvalue weighted by Gasteiger charge is 2.27. The van der Waals surface area contributed by atoms with Gasteiger partial charge in [-0.05, 0) is 49.3 Å². The normalized spacial score (nSPS) is 19.1. The molecule has 1 heterocycles. The van der Waals surface area contributed by atoms with E-state index < -0.39 is 0 Å². The molecular weight excluding hydrogens is 248 g/mol. The quantitative estimate of drug-likeness (QED) is 0.855. The van der Waals surface area contributed by atoms with E-state index in [0.29, 0.717) is 11.5 Å². The van der Waals surface area contributed by atoms with E-state index in [2.05, 4.69) is 24.1 Å². The fraction of sp³-hybridized carbons (Fsp3) is 0.471. The molecule has 0 bridgehead atoms. The van der Waals surface area contributed by atoms with Crippen LogP contribution in [0.3, 0.4) is 0 Å². The first-order valence-corrected chi connectivity index (χ1v) is 7.42. The van der Waals surface area contributed by atoms with E-state index in [9.17, 15) is 4.79 Å². The SMILES string of the molecule is CC1(C)CCC(NC(=O)c2cccc3[nH]ccc23)CC1. The lowest BCUT2D eigenvalue weighted by Gasteiger charge is -2.34. The van der Waals surface area contributed by atoms with Crippen molar-refractivity contribution in [3.8, 4) is 0 Å². The van der Waals surface area contributed by atoms with Gasteiger partial charge in [0.25, 0.3) is 5.91 Å². The third-order valence-electron chi connectivity index (χ3n) is 4.51. The van der Waals surface area contributed by atoms with Gasteiger partial charge in [-0.3, -0.25) is 4.79 Å². The highest BCUT2D eigenvalue weighted by Crippen LogP contribution is 2.35. The van der Waals surface area contributed by atoms with Crippen LogP contribution in [0.2, 0.25) is 0 Å². The first kappa shape index (κ1) is 13.2. The Balaban J connectivity index is 1.72. The number of amides is 1. The van der Waals surface area contributed by atoms with E-state index in [4.69, 9.17) is 0 Å². The molecule has 1 aromatic heterocycles. The fourth-order valence-corrected chi connectivity index (χ4v) is 3.09. The van der Waals surface area contributed by atoms with Crippen molar-refractivity contribution in [2.24, 2.45) is 5.41 Å². The Morgan fingerprint density at radius 1 is 1.25 bits per heavy atom. The molecule has 0 unspecified atom stereocenters. The van der Waals surface area contributed by atoms with Gasteiger partial charge in [-0.1, -0.05) is 19.9 Å². The largest absolute Gasteiger partial charge is 0.361 e. The number of fused-ring (bicyclic) bond motifs is 1. The summed E-state index contributed by atoms with van der Waals surface area (Å²) in [5.74, 6) is 0.0555. The van der Waals surface area contributed by atoms with Crippen molar-refractivity contribution in [2.45, 2.75) is 45.6 Å². The van der Waals surface area contributed by atoms with Crippen molar-refractivity contribution in [1.82, 2.24) is 10.3 Å². The van der Waals surface area contributed by atoms with Crippen LogP contribution < -0.4 is 5.32 Å². The Kier molecular flexibility index (Phi) is 3.28. The topological polar surface area (TPSA) is 44.9 Å². The molecule has 3 heteroatoms. The Labute approximate surface area is 119 Å². The zero-order valence-corrected chi connectivity index (χ0v) is 12.2. The fourth-order valence-electron chi connectivity index (χ4n) is 3.09. The smallest absolute Gasteiger partial charge is 0.252 e. The highest BCUT2D eigenvalue weighted by atomic mass is 16.1. The lowest BCUT2D eigenvalue weighted by atomic mass is 9.75. The number of hydrogen-bond donors (Lipinski definition) is 2. The molecule has 1 aliphatic carbocycles. The summed E-state index contributed by atoms with van der Waals surface area (Å²) in [5.41, 5.74) is 2.22. The van der Waals surface area contributed by atoms with Crippen LogP contribution >= 0.6 is 0 Å². The third-order valence-corrected chi connectivity index (χ3v) is 4.51. The maximum atomic E-state index is 12.5. The molecule has 0 spiro atoms. The summed E-state index contributed by atoms with van der Waals surface area (Å²) < 4.78 is 0. The number of aromatic nitrogens is 1. The first-order chi connectivity index (χ1) is 9.55. The average Bonchev–Trinajstić information content (AvgIpc) is 2.89. The molecule has 1 saturated carbocycles. The molecule has 3 rings (SSSR count). The Morgan fingerprint density at radius 2 is 2.00 bits per heavy atom. The van der Waals surface area contributed by atoms with Crippen molar-refractivity contribution in [2.75, 3.05) is 0 Å². The second-order valence-corrected chi connectivity index (χ2v) is 6.66. The molecule has 1 aromatic carbocycles. The number of nitrogens with one attached hydrogen (secondary N) is 2. The van der Waals surface area contributed by atoms with Gasteiger partial charge in [0.15, 0.2) is 0 Å². The summed E-state index contributed by atoms with van der Waals surface area (Å²) in [4.78, 5) is 15.6. The minimum Gasteiger partial charge on any atom is -0.361 e. The number of carbonyl (C=O) groups excluding carboxylic acids is 1. The third kappa shape index (κ3) is 2.58. The first-order valence-electron chi connectivity index (χ1n) is 7.42. The number of H-pyrrole nitrogens is 1. The standard InChI is InChI=1S/C17H22N2O/c1-17(2)9-6-12(7-10-17)19-16(20)14-4-3-5-15-13(14)8-11-18-15/h3-5,8,11-12,18H,6-7,9-10H2,1-2H3,(H,19,20). The molecular formula is C17H22N2O. The minimum absolute atomic E-state index is 0.0555. The Bertz CT molecular complexity index is 617. The Hall–Kier alpha value is -1.77. The molecule has 3 nitrogen and oxygen atoms in total. The molecule has 1 fully saturated rings. The lowest BCUT2D eigenvalue weighted by Crippen LogP contribution is -2.39. The van der Waals surface area contributed by atoms with E-state index in [1.807, 2.05) is 30.5 Å². The maximum Gasteiger partial charge on any atom is 0.252 e. The average molecular weight is 270 g/mol. The van der Waals surface area contributed by atoms with E-state index >= 15 is 0 Å². The molecule has 0 atom stereocenters. The van der Waals surface area contributed by atoms with Gasteiger partial charge < -0.3 is 10.3 Å². The van der Waals surface area contributed by atoms with Crippen LogP contribution in [0.4, 0.5) is 0 Å². The van der Waals surface area contributed by atoms with Crippen LogP contribution in [0.15, 0.2) is 30.5 Å². The summed E-state index contributed by atoms with van der Waals surface area (Å²) in [6.45, 7) is 4.62. The van der Waals surface area contributed by atoms with Gasteiger partial charge in [0.05, 0.1) is 0 Å². The lowest BCUT2D eigenvalue weighted by molar-refractivity contribution is 0.0910. The maximum absolute atomic E-state index is 12.5. The molecule has 0 radical (unpaired) electrons. The van der Waals surface area contributed by atoms with Crippen LogP contribution in [-0.4, -0.2) is 16.9 Å². The van der Waals surface area contributed by atoms with Gasteiger partial charge in [0.1, 0.15) is 0 Å². The molecule has 0 saturated heterocycles. The van der Waals surface area contributed by atoms with E-state index in [-0.39, 0.29) is 5.91 Å². The zero-order valence-electron chi connectivity index (χ0n) is 12.2. The van der Waals surface area contributed by atoms with E-state index in [0.717, 1.165) is 29.3 Å². The minimum atomic E-state index is 0.0555. The van der Waals surface area contributed by atoms with Crippen molar-refractivity contribution in [3.05, 3.63) is 36.0 Å². The van der Waals surface area contributed by atoms with Crippen LogP contribution in [0.25, 0.3) is 10.9 Å². The number of benzene rings is 1. The molecule has 2 aromatic rings. The van der Waals surface area contributed by atoms with E-state index in [1.54, 1.807) is 0 Å². The zero-order chi connectivity index (χ0) is 14.2. The van der Waals surface area contributed by atoms with Gasteiger partial charge in [0.2, 0.25) is 0 Å². The second kappa shape index (κ2) is 4.97. The van der Waals surface area contributed by atoms with Crippen LogP contribution in [0.1, 0.15) is 49.9 Å².